The number of aliphatic hydroxyl groups excluding tert-OH is 1. The number of rotatable bonds is 3. The number of aromatic nitrogens is 1. The van der Waals surface area contributed by atoms with Gasteiger partial charge in [-0.25, -0.2) is 4.98 Å². The molecule has 1 aromatic carbocycles. The average molecular weight is 256 g/mol. The normalized spacial score (nSPS) is 12.4. The van der Waals surface area contributed by atoms with Gasteiger partial charge in [0.1, 0.15) is 5.82 Å². The highest BCUT2D eigenvalue weighted by Gasteiger charge is 2.14. The first-order valence-corrected chi connectivity index (χ1v) is 6.43. The van der Waals surface area contributed by atoms with Crippen molar-refractivity contribution >= 4 is 5.82 Å². The second-order valence-electron chi connectivity index (χ2n) is 5.12. The first-order chi connectivity index (χ1) is 8.97. The van der Waals surface area contributed by atoms with Gasteiger partial charge in [-0.1, -0.05) is 17.7 Å². The smallest absolute Gasteiger partial charge is 0.123 e. The maximum atomic E-state index is 10.5. The van der Waals surface area contributed by atoms with Gasteiger partial charge in [0.05, 0.1) is 6.10 Å². The van der Waals surface area contributed by atoms with Crippen LogP contribution in [0, 0.1) is 20.8 Å². The highest BCUT2D eigenvalue weighted by atomic mass is 16.3. The molecule has 0 spiro atoms. The van der Waals surface area contributed by atoms with Crippen molar-refractivity contribution in [2.75, 3.05) is 5.73 Å². The van der Waals surface area contributed by atoms with E-state index in [1.165, 1.54) is 5.56 Å². The molecule has 0 fully saturated rings. The van der Waals surface area contributed by atoms with Crippen LogP contribution < -0.4 is 5.73 Å². The van der Waals surface area contributed by atoms with Gasteiger partial charge in [-0.2, -0.15) is 0 Å². The molecule has 0 aliphatic heterocycles. The maximum Gasteiger partial charge on any atom is 0.123 e. The van der Waals surface area contributed by atoms with Gasteiger partial charge < -0.3 is 10.8 Å². The summed E-state index contributed by atoms with van der Waals surface area (Å²) in [5.74, 6) is 0.488. The molecule has 3 N–H and O–H groups in total. The Hall–Kier alpha value is -1.87. The van der Waals surface area contributed by atoms with Gasteiger partial charge in [0, 0.05) is 12.6 Å². The minimum Gasteiger partial charge on any atom is -0.388 e. The summed E-state index contributed by atoms with van der Waals surface area (Å²) in [6, 6.07) is 7.90. The fraction of sp³-hybridized carbons (Fsp3) is 0.312. The van der Waals surface area contributed by atoms with Crippen molar-refractivity contribution < 1.29 is 5.11 Å². The van der Waals surface area contributed by atoms with Crippen LogP contribution in [0.5, 0.6) is 0 Å². The molecule has 0 aliphatic carbocycles. The monoisotopic (exact) mass is 256 g/mol. The number of anilines is 1. The van der Waals surface area contributed by atoms with Crippen LogP contribution in [0.1, 0.15) is 33.9 Å². The average Bonchev–Trinajstić information content (AvgIpc) is 2.27. The van der Waals surface area contributed by atoms with Crippen molar-refractivity contribution in [3.63, 3.8) is 0 Å². The molecule has 100 valence electrons. The van der Waals surface area contributed by atoms with Gasteiger partial charge in [-0.15, -0.1) is 0 Å². The molecule has 2 aromatic rings. The number of nitrogens with zero attached hydrogens (tertiary/aromatic N) is 1. The third kappa shape index (κ3) is 3.12. The van der Waals surface area contributed by atoms with Gasteiger partial charge in [-0.3, -0.25) is 0 Å². The van der Waals surface area contributed by atoms with Crippen LogP contribution in [0.4, 0.5) is 5.82 Å². The highest BCUT2D eigenvalue weighted by molar-refractivity contribution is 5.40. The number of benzene rings is 1. The molecular weight excluding hydrogens is 236 g/mol. The van der Waals surface area contributed by atoms with Gasteiger partial charge in [0.2, 0.25) is 0 Å². The third-order valence-electron chi connectivity index (χ3n) is 3.35. The lowest BCUT2D eigenvalue weighted by molar-refractivity contribution is 0.177. The first kappa shape index (κ1) is 13.6. The largest absolute Gasteiger partial charge is 0.388 e. The minimum atomic E-state index is -0.512. The summed E-state index contributed by atoms with van der Waals surface area (Å²) in [4.78, 5) is 3.96. The predicted molar refractivity (Wildman–Crippen MR) is 78.0 cm³/mol. The number of aryl methyl sites for hydroxylation is 3. The predicted octanol–water partition coefficient (Wildman–Crippen LogP) is 2.87. The summed E-state index contributed by atoms with van der Waals surface area (Å²) in [6.07, 6.45) is 1.71. The molecule has 0 aliphatic rings. The summed E-state index contributed by atoms with van der Waals surface area (Å²) < 4.78 is 0. The van der Waals surface area contributed by atoms with Crippen molar-refractivity contribution in [1.29, 1.82) is 0 Å². The Labute approximate surface area is 114 Å². The fourth-order valence-electron chi connectivity index (χ4n) is 2.66. The van der Waals surface area contributed by atoms with E-state index in [1.807, 2.05) is 26.0 Å². The number of nitrogens with two attached hydrogens (primary N) is 1. The second-order valence-corrected chi connectivity index (χ2v) is 5.12. The van der Waals surface area contributed by atoms with Crippen LogP contribution in [0.3, 0.4) is 0 Å². The van der Waals surface area contributed by atoms with Gasteiger partial charge in [-0.05, 0) is 55.2 Å². The Morgan fingerprint density at radius 2 is 1.79 bits per heavy atom. The van der Waals surface area contributed by atoms with E-state index in [9.17, 15) is 5.11 Å². The summed E-state index contributed by atoms with van der Waals surface area (Å²) in [6.45, 7) is 6.15. The molecule has 2 rings (SSSR count). The van der Waals surface area contributed by atoms with Crippen molar-refractivity contribution in [3.05, 3.63) is 58.3 Å². The summed E-state index contributed by atoms with van der Waals surface area (Å²) in [5, 5.41) is 10.5. The first-order valence-electron chi connectivity index (χ1n) is 6.43. The number of hydrogen-bond acceptors (Lipinski definition) is 3. The zero-order valence-electron chi connectivity index (χ0n) is 11.6. The van der Waals surface area contributed by atoms with Crippen LogP contribution in [0.25, 0.3) is 0 Å². The number of pyridine rings is 1. The lowest BCUT2D eigenvalue weighted by Crippen LogP contribution is -2.07. The lowest BCUT2D eigenvalue weighted by Gasteiger charge is -2.17. The molecule has 0 radical (unpaired) electrons. The Bertz CT molecular complexity index is 570. The quantitative estimate of drug-likeness (QED) is 0.887. The van der Waals surface area contributed by atoms with Gasteiger partial charge >= 0.3 is 0 Å². The van der Waals surface area contributed by atoms with Crippen LogP contribution in [0.15, 0.2) is 30.5 Å². The zero-order valence-corrected chi connectivity index (χ0v) is 11.6. The van der Waals surface area contributed by atoms with Crippen LogP contribution in [-0.4, -0.2) is 10.1 Å². The molecule has 0 saturated carbocycles. The molecule has 3 nitrogen and oxygen atoms in total. The lowest BCUT2D eigenvalue weighted by atomic mass is 9.92. The molecule has 0 amide bonds. The number of nitrogen functional groups attached to an aromatic ring is 1. The van der Waals surface area contributed by atoms with E-state index in [2.05, 4.69) is 24.0 Å². The maximum absolute atomic E-state index is 10.5. The SMILES string of the molecule is Cc1cc(C)c(C(O)Cc2ccnc(N)c2)c(C)c1. The van der Waals surface area contributed by atoms with Crippen molar-refractivity contribution in [2.45, 2.75) is 33.3 Å². The highest BCUT2D eigenvalue weighted by Crippen LogP contribution is 2.26. The number of aliphatic hydroxyl groups is 1. The Morgan fingerprint density at radius 3 is 2.37 bits per heavy atom. The molecule has 1 aromatic heterocycles. The molecule has 0 saturated heterocycles. The third-order valence-corrected chi connectivity index (χ3v) is 3.35. The standard InChI is InChI=1S/C16H20N2O/c1-10-6-11(2)16(12(3)7-10)14(19)8-13-4-5-18-15(17)9-13/h4-7,9,14,19H,8H2,1-3H3,(H2,17,18). The van der Waals surface area contributed by atoms with E-state index >= 15 is 0 Å². The summed E-state index contributed by atoms with van der Waals surface area (Å²) >= 11 is 0. The molecule has 1 heterocycles. The van der Waals surface area contributed by atoms with Gasteiger partial charge in [0.25, 0.3) is 0 Å². The molecule has 3 heteroatoms. The number of hydrogen-bond donors (Lipinski definition) is 2. The Kier molecular flexibility index (Phi) is 3.86. The second kappa shape index (κ2) is 5.41. The van der Waals surface area contributed by atoms with Crippen molar-refractivity contribution in [2.24, 2.45) is 0 Å². The fourth-order valence-corrected chi connectivity index (χ4v) is 2.66. The molecule has 1 atom stereocenters. The Morgan fingerprint density at radius 1 is 1.16 bits per heavy atom. The van der Waals surface area contributed by atoms with E-state index in [0.29, 0.717) is 12.2 Å². The van der Waals surface area contributed by atoms with Gasteiger partial charge in [0.15, 0.2) is 0 Å². The zero-order chi connectivity index (χ0) is 14.0. The topological polar surface area (TPSA) is 59.1 Å². The van der Waals surface area contributed by atoms with Crippen LogP contribution in [-0.2, 0) is 6.42 Å². The van der Waals surface area contributed by atoms with E-state index < -0.39 is 6.10 Å². The minimum absolute atomic E-state index is 0.488. The van der Waals surface area contributed by atoms with Crippen LogP contribution >= 0.6 is 0 Å². The van der Waals surface area contributed by atoms with E-state index in [0.717, 1.165) is 22.3 Å². The van der Waals surface area contributed by atoms with Crippen molar-refractivity contribution in [1.82, 2.24) is 4.98 Å². The molecular formula is C16H20N2O. The summed E-state index contributed by atoms with van der Waals surface area (Å²) in [5.41, 5.74) is 11.2. The van der Waals surface area contributed by atoms with Crippen LogP contribution in [0.2, 0.25) is 0 Å². The van der Waals surface area contributed by atoms with E-state index in [1.54, 1.807) is 6.20 Å². The van der Waals surface area contributed by atoms with E-state index in [4.69, 9.17) is 5.73 Å². The Balaban J connectivity index is 2.28. The van der Waals surface area contributed by atoms with E-state index in [-0.39, 0.29) is 0 Å². The molecule has 0 bridgehead atoms. The molecule has 1 unspecified atom stereocenters. The molecule has 19 heavy (non-hydrogen) atoms. The van der Waals surface area contributed by atoms with Crippen molar-refractivity contribution in [3.8, 4) is 0 Å². The summed E-state index contributed by atoms with van der Waals surface area (Å²) in [7, 11) is 0.